The summed E-state index contributed by atoms with van der Waals surface area (Å²) in [6, 6.07) is 7.63. The van der Waals surface area contributed by atoms with E-state index in [-0.39, 0.29) is 12.0 Å². The molecule has 1 amide bonds. The average Bonchev–Trinajstić information content (AvgIpc) is 3.03. The number of cyclic esters (lactones) is 1. The summed E-state index contributed by atoms with van der Waals surface area (Å²) in [6.07, 6.45) is 0.814. The van der Waals surface area contributed by atoms with Gasteiger partial charge in [-0.15, -0.1) is 0 Å². The zero-order chi connectivity index (χ0) is 17.2. The zero-order valence-electron chi connectivity index (χ0n) is 13.7. The number of aryl methyl sites for hydroxylation is 1. The van der Waals surface area contributed by atoms with Crippen LogP contribution in [0.2, 0.25) is 0 Å². The second kappa shape index (κ2) is 6.94. The first-order valence-corrected chi connectivity index (χ1v) is 8.80. The fourth-order valence-electron chi connectivity index (χ4n) is 2.64. The quantitative estimate of drug-likeness (QED) is 0.502. The monoisotopic (exact) mass is 348 g/mol. The predicted octanol–water partition coefficient (Wildman–Crippen LogP) is 2.33. The van der Waals surface area contributed by atoms with Crippen LogP contribution in [0, 0.1) is 6.92 Å². The number of nitrogens with zero attached hydrogens (tertiary/aromatic N) is 1. The van der Waals surface area contributed by atoms with Crippen LogP contribution in [0.1, 0.15) is 25.3 Å². The Morgan fingerprint density at radius 2 is 2.12 bits per heavy atom. The summed E-state index contributed by atoms with van der Waals surface area (Å²) in [6.45, 7) is 4.93. The fourth-order valence-corrected chi connectivity index (χ4v) is 3.80. The van der Waals surface area contributed by atoms with Gasteiger partial charge in [0.25, 0.3) is 5.91 Å². The van der Waals surface area contributed by atoms with Crippen molar-refractivity contribution in [3.63, 3.8) is 0 Å². The molecule has 0 unspecified atom stereocenters. The van der Waals surface area contributed by atoms with E-state index < -0.39 is 10.7 Å². The fraction of sp³-hybridized carbons (Fsp3) is 0.471. The molecule has 128 valence electrons. The molecule has 2 atom stereocenters. The number of ether oxygens (including phenoxy) is 2. The largest absolute Gasteiger partial charge is 0.458 e. The van der Waals surface area contributed by atoms with Crippen LogP contribution in [0.5, 0.6) is 0 Å². The second-order valence-corrected chi connectivity index (χ2v) is 7.23. The summed E-state index contributed by atoms with van der Waals surface area (Å²) in [5, 5.41) is 3.13. The van der Waals surface area contributed by atoms with E-state index in [1.807, 2.05) is 38.1 Å². The molecular weight excluding hydrogens is 328 g/mol. The highest BCUT2D eigenvalue weighted by Gasteiger charge is 2.60. The van der Waals surface area contributed by atoms with Crippen LogP contribution in [0.3, 0.4) is 0 Å². The van der Waals surface area contributed by atoms with Gasteiger partial charge in [0.05, 0.1) is 12.3 Å². The molecule has 2 heterocycles. The zero-order valence-corrected chi connectivity index (χ0v) is 14.5. The molecule has 2 aliphatic heterocycles. The molecule has 7 heteroatoms. The summed E-state index contributed by atoms with van der Waals surface area (Å²) < 4.78 is 9.54. The van der Waals surface area contributed by atoms with E-state index in [1.54, 1.807) is 0 Å². The van der Waals surface area contributed by atoms with Crippen molar-refractivity contribution in [1.82, 2.24) is 5.32 Å². The molecule has 1 aromatic rings. The number of carbonyl (C=O) groups excluding carboxylic acids is 2. The molecule has 2 fully saturated rings. The van der Waals surface area contributed by atoms with E-state index in [0.29, 0.717) is 24.8 Å². The highest BCUT2D eigenvalue weighted by Crippen LogP contribution is 2.43. The van der Waals surface area contributed by atoms with Gasteiger partial charge >= 0.3 is 5.97 Å². The standard InChI is InChI=1S/C17H20N2O4S/c1-3-8-22-10-13-9-17(15(21)23-13)14(20)19-16(24-17)18-12-6-4-11(2)5-7-12/h4-7,13H,3,8-10H2,1-2H3,(H,18,19,20)/t13-,17-/m0/s1. The molecule has 0 aromatic heterocycles. The van der Waals surface area contributed by atoms with Crippen LogP contribution in [-0.2, 0) is 19.1 Å². The summed E-state index contributed by atoms with van der Waals surface area (Å²) in [5.74, 6) is -0.870. The van der Waals surface area contributed by atoms with E-state index in [9.17, 15) is 9.59 Å². The van der Waals surface area contributed by atoms with Crippen LogP contribution in [0.4, 0.5) is 5.69 Å². The third-order valence-electron chi connectivity index (χ3n) is 3.89. The molecule has 1 aromatic carbocycles. The van der Waals surface area contributed by atoms with Crippen molar-refractivity contribution >= 4 is 34.5 Å². The van der Waals surface area contributed by atoms with Crippen LogP contribution in [0.15, 0.2) is 29.3 Å². The van der Waals surface area contributed by atoms with Crippen LogP contribution in [0.25, 0.3) is 0 Å². The molecule has 0 bridgehead atoms. The van der Waals surface area contributed by atoms with Crippen molar-refractivity contribution in [2.24, 2.45) is 4.99 Å². The lowest BCUT2D eigenvalue weighted by Gasteiger charge is -2.11. The van der Waals surface area contributed by atoms with E-state index in [1.165, 1.54) is 0 Å². The number of aliphatic imine (C=N–C) groups is 1. The van der Waals surface area contributed by atoms with Gasteiger partial charge in [-0.25, -0.2) is 9.79 Å². The number of amides is 1. The molecule has 2 aliphatic rings. The lowest BCUT2D eigenvalue weighted by atomic mass is 10.0. The van der Waals surface area contributed by atoms with Crippen molar-refractivity contribution in [2.45, 2.75) is 37.5 Å². The average molecular weight is 348 g/mol. The van der Waals surface area contributed by atoms with Crippen molar-refractivity contribution in [1.29, 1.82) is 0 Å². The van der Waals surface area contributed by atoms with Crippen LogP contribution in [-0.4, -0.2) is 41.1 Å². The van der Waals surface area contributed by atoms with Crippen molar-refractivity contribution < 1.29 is 19.1 Å². The molecule has 1 N–H and O–H groups in total. The summed E-state index contributed by atoms with van der Waals surface area (Å²) in [7, 11) is 0. The molecule has 0 saturated carbocycles. The number of hydrogen-bond donors (Lipinski definition) is 1. The topological polar surface area (TPSA) is 77.0 Å². The first-order chi connectivity index (χ1) is 11.5. The summed E-state index contributed by atoms with van der Waals surface area (Å²) >= 11 is 1.14. The normalized spacial score (nSPS) is 27.8. The molecular formula is C17H20N2O4S. The van der Waals surface area contributed by atoms with Gasteiger partial charge in [0.2, 0.25) is 4.75 Å². The minimum absolute atomic E-state index is 0.305. The number of amidine groups is 1. The van der Waals surface area contributed by atoms with Crippen molar-refractivity contribution in [3.05, 3.63) is 29.8 Å². The number of carbonyl (C=O) groups is 2. The Bertz CT molecular complexity index is 674. The number of esters is 1. The van der Waals surface area contributed by atoms with Crippen molar-refractivity contribution in [2.75, 3.05) is 13.2 Å². The van der Waals surface area contributed by atoms with E-state index in [2.05, 4.69) is 10.3 Å². The van der Waals surface area contributed by atoms with Gasteiger partial charge in [-0.05, 0) is 25.5 Å². The van der Waals surface area contributed by atoms with Gasteiger partial charge in [-0.3, -0.25) is 4.79 Å². The van der Waals surface area contributed by atoms with Gasteiger partial charge in [0, 0.05) is 13.0 Å². The lowest BCUT2D eigenvalue weighted by molar-refractivity contribution is -0.146. The Morgan fingerprint density at radius 3 is 2.83 bits per heavy atom. The smallest absolute Gasteiger partial charge is 0.332 e. The highest BCUT2D eigenvalue weighted by atomic mass is 32.2. The Kier molecular flexibility index (Phi) is 4.91. The molecule has 0 aliphatic carbocycles. The minimum atomic E-state index is -1.23. The minimum Gasteiger partial charge on any atom is -0.458 e. The molecule has 6 nitrogen and oxygen atoms in total. The highest BCUT2D eigenvalue weighted by molar-refractivity contribution is 8.17. The second-order valence-electron chi connectivity index (χ2n) is 5.94. The number of benzene rings is 1. The lowest BCUT2D eigenvalue weighted by Crippen LogP contribution is -2.40. The Hall–Kier alpha value is -1.86. The number of rotatable bonds is 5. The predicted molar refractivity (Wildman–Crippen MR) is 92.3 cm³/mol. The number of thioether (sulfide) groups is 1. The molecule has 1 spiro atoms. The van der Waals surface area contributed by atoms with Crippen LogP contribution >= 0.6 is 11.8 Å². The third-order valence-corrected chi connectivity index (χ3v) is 5.15. The Balaban J connectivity index is 1.72. The van der Waals surface area contributed by atoms with E-state index in [0.717, 1.165) is 29.4 Å². The maximum absolute atomic E-state index is 12.4. The van der Waals surface area contributed by atoms with Gasteiger partial charge in [-0.1, -0.05) is 36.4 Å². The molecule has 2 saturated heterocycles. The number of nitrogens with one attached hydrogen (secondary N) is 1. The SMILES string of the molecule is CCCOC[C@@H]1C[C@@]2(SC(=Nc3ccc(C)cc3)NC2=O)C(=O)O1. The molecule has 3 rings (SSSR count). The first-order valence-electron chi connectivity index (χ1n) is 7.98. The Labute approximate surface area is 145 Å². The third kappa shape index (κ3) is 3.32. The van der Waals surface area contributed by atoms with Gasteiger partial charge in [-0.2, -0.15) is 0 Å². The van der Waals surface area contributed by atoms with E-state index >= 15 is 0 Å². The first kappa shape index (κ1) is 17.0. The van der Waals surface area contributed by atoms with Crippen molar-refractivity contribution in [3.8, 4) is 0 Å². The maximum atomic E-state index is 12.4. The number of hydrogen-bond acceptors (Lipinski definition) is 6. The summed E-state index contributed by atoms with van der Waals surface area (Å²) in [5.41, 5.74) is 1.86. The van der Waals surface area contributed by atoms with Gasteiger partial charge < -0.3 is 14.8 Å². The van der Waals surface area contributed by atoms with E-state index in [4.69, 9.17) is 9.47 Å². The Morgan fingerprint density at radius 1 is 1.38 bits per heavy atom. The van der Waals surface area contributed by atoms with Crippen LogP contribution < -0.4 is 5.32 Å². The molecule has 24 heavy (non-hydrogen) atoms. The van der Waals surface area contributed by atoms with Gasteiger partial charge in [0.15, 0.2) is 5.17 Å². The molecule has 0 radical (unpaired) electrons. The summed E-state index contributed by atoms with van der Waals surface area (Å²) in [4.78, 5) is 29.1. The van der Waals surface area contributed by atoms with Gasteiger partial charge in [0.1, 0.15) is 6.10 Å². The maximum Gasteiger partial charge on any atom is 0.332 e.